The molecule has 2 rings (SSSR count). The zero-order valence-electron chi connectivity index (χ0n) is 14.5. The Morgan fingerprint density at radius 3 is 2.45 bits per heavy atom. The molecule has 2 saturated heterocycles. The van der Waals surface area contributed by atoms with E-state index in [0.29, 0.717) is 19.6 Å². The van der Waals surface area contributed by atoms with Gasteiger partial charge < -0.3 is 18.8 Å². The summed E-state index contributed by atoms with van der Waals surface area (Å²) in [6.45, 7) is 11.2. The van der Waals surface area contributed by atoms with Crippen LogP contribution in [0.3, 0.4) is 0 Å². The molecule has 0 aliphatic carbocycles. The van der Waals surface area contributed by atoms with Crippen molar-refractivity contribution in [2.75, 3.05) is 13.2 Å². The molecule has 2 fully saturated rings. The van der Waals surface area contributed by atoms with E-state index in [9.17, 15) is 4.79 Å². The number of esters is 1. The predicted octanol–water partition coefficient (Wildman–Crippen LogP) is 2.97. The maximum absolute atomic E-state index is 11.3. The molecule has 0 aromatic carbocycles. The molecular weight excluding hydrogens is 283 g/mol. The molecule has 0 N–H and O–H groups in total. The monoisotopic (exact) mass is 312 g/mol. The van der Waals surface area contributed by atoms with Gasteiger partial charge in [-0.25, -0.2) is 0 Å². The molecule has 126 valence electrons. The topological polar surface area (TPSA) is 54.0 Å². The molecule has 5 nitrogen and oxygen atoms in total. The Kier molecular flexibility index (Phi) is 5.56. The third-order valence-corrected chi connectivity index (χ3v) is 4.98. The van der Waals surface area contributed by atoms with Crippen LogP contribution < -0.4 is 0 Å². The van der Waals surface area contributed by atoms with Gasteiger partial charge in [-0.2, -0.15) is 0 Å². The van der Waals surface area contributed by atoms with Gasteiger partial charge in [0, 0.05) is 18.8 Å². The van der Waals surface area contributed by atoms with E-state index in [1.54, 1.807) is 0 Å². The summed E-state index contributed by atoms with van der Waals surface area (Å²) in [4.78, 5) is 11.3. The van der Waals surface area contributed by atoms with Crippen LogP contribution in [0, 0.1) is 0 Å². The summed E-state index contributed by atoms with van der Waals surface area (Å²) in [5, 5.41) is 0. The lowest BCUT2D eigenvalue weighted by atomic mass is 9.70. The van der Waals surface area contributed by atoms with Gasteiger partial charge in [0.15, 0.2) is 0 Å². The van der Waals surface area contributed by atoms with Crippen molar-refractivity contribution in [3.05, 3.63) is 0 Å². The molecule has 22 heavy (non-hydrogen) atoms. The lowest BCUT2D eigenvalue weighted by molar-refractivity contribution is -0.143. The molecule has 0 bridgehead atoms. The molecule has 0 amide bonds. The quantitative estimate of drug-likeness (QED) is 0.557. The number of hydrogen-bond donors (Lipinski definition) is 0. The summed E-state index contributed by atoms with van der Waals surface area (Å²) in [6.07, 6.45) is 3.28. The van der Waals surface area contributed by atoms with Gasteiger partial charge in [0.05, 0.1) is 23.9 Å². The molecule has 2 aliphatic rings. The zero-order valence-corrected chi connectivity index (χ0v) is 14.5. The van der Waals surface area contributed by atoms with E-state index < -0.39 is 0 Å². The minimum Gasteiger partial charge on any atom is -0.466 e. The molecule has 0 aromatic rings. The number of carbonyl (C=O) groups is 1. The number of rotatable bonds is 6. The van der Waals surface area contributed by atoms with Crippen molar-refractivity contribution < 1.29 is 23.6 Å². The van der Waals surface area contributed by atoms with E-state index in [1.807, 2.05) is 6.92 Å². The van der Waals surface area contributed by atoms with Crippen molar-refractivity contribution in [3.8, 4) is 0 Å². The Bertz CT molecular complexity index is 380. The van der Waals surface area contributed by atoms with Gasteiger partial charge in [-0.1, -0.05) is 0 Å². The van der Waals surface area contributed by atoms with E-state index in [1.165, 1.54) is 0 Å². The normalized spacial score (nSPS) is 29.8. The van der Waals surface area contributed by atoms with Gasteiger partial charge in [-0.3, -0.25) is 4.79 Å². The molecule has 0 aromatic heterocycles. The maximum Gasteiger partial charge on any atom is 0.463 e. The van der Waals surface area contributed by atoms with E-state index in [4.69, 9.17) is 18.8 Å². The van der Waals surface area contributed by atoms with Crippen LogP contribution in [0.1, 0.15) is 60.3 Å². The number of carbonyl (C=O) groups excluding carboxylic acids is 1. The van der Waals surface area contributed by atoms with Crippen LogP contribution in [-0.2, 0) is 23.6 Å². The third-order valence-electron chi connectivity index (χ3n) is 4.98. The molecule has 0 saturated carbocycles. The second-order valence-electron chi connectivity index (χ2n) is 7.27. The second-order valence-corrected chi connectivity index (χ2v) is 7.27. The van der Waals surface area contributed by atoms with Gasteiger partial charge in [-0.05, 0) is 53.9 Å². The second kappa shape index (κ2) is 6.89. The molecule has 6 heteroatoms. The van der Waals surface area contributed by atoms with Crippen molar-refractivity contribution in [2.24, 2.45) is 0 Å². The standard InChI is InChI=1S/C16H29BO5/c1-6-19-14(18)9-7-8-13-10-12(11-20-13)17-21-15(2,3)16(4,5)22-17/h12-13H,6-11H2,1-5H3/t12-,13+/m1/s1. The van der Waals surface area contributed by atoms with Crippen LogP contribution in [0.2, 0.25) is 5.82 Å². The summed E-state index contributed by atoms with van der Waals surface area (Å²) in [7, 11) is -0.194. The minimum atomic E-state index is -0.292. The number of hydrogen-bond acceptors (Lipinski definition) is 5. The Hall–Kier alpha value is -0.585. The van der Waals surface area contributed by atoms with Crippen molar-refractivity contribution in [1.29, 1.82) is 0 Å². The summed E-state index contributed by atoms with van der Waals surface area (Å²) in [6, 6.07) is 0. The SMILES string of the molecule is CCOC(=O)CCC[C@H]1C[C@@H](B2OC(C)(C)C(C)(C)O2)CO1. The molecule has 2 atom stereocenters. The van der Waals surface area contributed by atoms with E-state index in [2.05, 4.69) is 27.7 Å². The average molecular weight is 312 g/mol. The van der Waals surface area contributed by atoms with Gasteiger partial charge >= 0.3 is 13.1 Å². The van der Waals surface area contributed by atoms with Crippen LogP contribution in [0.4, 0.5) is 0 Å². The molecule has 2 heterocycles. The highest BCUT2D eigenvalue weighted by atomic mass is 16.7. The van der Waals surface area contributed by atoms with Gasteiger partial charge in [0.1, 0.15) is 0 Å². The molecule has 0 radical (unpaired) electrons. The Morgan fingerprint density at radius 2 is 1.86 bits per heavy atom. The third kappa shape index (κ3) is 4.03. The first kappa shape index (κ1) is 17.8. The Labute approximate surface area is 134 Å². The maximum atomic E-state index is 11.3. The van der Waals surface area contributed by atoms with Crippen LogP contribution in [0.5, 0.6) is 0 Å². The predicted molar refractivity (Wildman–Crippen MR) is 84.7 cm³/mol. The molecular formula is C16H29BO5. The minimum absolute atomic E-state index is 0.122. The van der Waals surface area contributed by atoms with E-state index in [-0.39, 0.29) is 36.2 Å². The molecule has 0 spiro atoms. The highest BCUT2D eigenvalue weighted by molar-refractivity contribution is 6.47. The van der Waals surface area contributed by atoms with Crippen LogP contribution >= 0.6 is 0 Å². The van der Waals surface area contributed by atoms with Crippen LogP contribution in [0.15, 0.2) is 0 Å². The molecule has 0 unspecified atom stereocenters. The first-order chi connectivity index (χ1) is 10.2. The summed E-state index contributed by atoms with van der Waals surface area (Å²) >= 11 is 0. The molecule has 2 aliphatic heterocycles. The number of ether oxygens (including phenoxy) is 2. The smallest absolute Gasteiger partial charge is 0.463 e. The Balaban J connectivity index is 1.73. The van der Waals surface area contributed by atoms with Crippen molar-refractivity contribution in [2.45, 2.75) is 83.4 Å². The summed E-state index contributed by atoms with van der Waals surface area (Å²) in [5.41, 5.74) is -0.584. The van der Waals surface area contributed by atoms with Gasteiger partial charge in [0.25, 0.3) is 0 Å². The van der Waals surface area contributed by atoms with E-state index in [0.717, 1.165) is 19.3 Å². The van der Waals surface area contributed by atoms with Crippen molar-refractivity contribution in [3.63, 3.8) is 0 Å². The lowest BCUT2D eigenvalue weighted by Gasteiger charge is -2.32. The largest absolute Gasteiger partial charge is 0.466 e. The van der Waals surface area contributed by atoms with Gasteiger partial charge in [-0.15, -0.1) is 0 Å². The fourth-order valence-electron chi connectivity index (χ4n) is 2.91. The van der Waals surface area contributed by atoms with Gasteiger partial charge in [0.2, 0.25) is 0 Å². The summed E-state index contributed by atoms with van der Waals surface area (Å²) < 4.78 is 23.0. The fourth-order valence-corrected chi connectivity index (χ4v) is 2.91. The Morgan fingerprint density at radius 1 is 1.23 bits per heavy atom. The fraction of sp³-hybridized carbons (Fsp3) is 0.938. The van der Waals surface area contributed by atoms with Crippen LogP contribution in [-0.4, -0.2) is 43.6 Å². The van der Waals surface area contributed by atoms with Crippen molar-refractivity contribution >= 4 is 13.1 Å². The van der Waals surface area contributed by atoms with E-state index >= 15 is 0 Å². The van der Waals surface area contributed by atoms with Crippen molar-refractivity contribution in [1.82, 2.24) is 0 Å². The highest BCUT2D eigenvalue weighted by Gasteiger charge is 2.54. The first-order valence-electron chi connectivity index (χ1n) is 8.38. The zero-order chi connectivity index (χ0) is 16.4. The first-order valence-corrected chi connectivity index (χ1v) is 8.38. The highest BCUT2D eigenvalue weighted by Crippen LogP contribution is 2.43. The summed E-state index contributed by atoms with van der Waals surface area (Å²) in [5.74, 6) is 0.150. The van der Waals surface area contributed by atoms with Crippen LogP contribution in [0.25, 0.3) is 0 Å². The lowest BCUT2D eigenvalue weighted by Crippen LogP contribution is -2.41. The average Bonchev–Trinajstić information content (AvgIpc) is 2.93.